The zero-order valence-electron chi connectivity index (χ0n) is 19.5. The number of fused-ring (bicyclic) bond motifs is 1. The summed E-state index contributed by atoms with van der Waals surface area (Å²) in [7, 11) is -2.73. The minimum Gasteiger partial charge on any atom is -0.467 e. The smallest absolute Gasteiger partial charge is 0.334 e. The molecule has 3 unspecified atom stereocenters. The van der Waals surface area contributed by atoms with Gasteiger partial charge in [-0.1, -0.05) is 60.2 Å². The summed E-state index contributed by atoms with van der Waals surface area (Å²) < 4.78 is 33.7. The first-order chi connectivity index (χ1) is 17.2. The number of nitrogens with zero attached hydrogens (tertiary/aromatic N) is 2. The largest absolute Gasteiger partial charge is 0.467 e. The predicted octanol–water partition coefficient (Wildman–Crippen LogP) is 2.24. The predicted molar refractivity (Wildman–Crippen MR) is 129 cm³/mol. The number of nitrogens with one attached hydrogen (secondary N) is 1. The molecule has 0 bridgehead atoms. The van der Waals surface area contributed by atoms with Crippen LogP contribution in [0.3, 0.4) is 0 Å². The summed E-state index contributed by atoms with van der Waals surface area (Å²) in [6.45, 7) is 1.59. The van der Waals surface area contributed by atoms with Gasteiger partial charge < -0.3 is 4.74 Å². The van der Waals surface area contributed by atoms with Gasteiger partial charge in [-0.3, -0.25) is 9.59 Å². The van der Waals surface area contributed by atoms with Crippen LogP contribution in [0.1, 0.15) is 31.8 Å². The quantitative estimate of drug-likeness (QED) is 0.298. The zero-order chi connectivity index (χ0) is 25.7. The highest BCUT2D eigenvalue weighted by Gasteiger charge is 2.74. The zero-order valence-corrected chi connectivity index (χ0v) is 20.4. The van der Waals surface area contributed by atoms with Crippen LogP contribution in [0.15, 0.2) is 83.8 Å². The van der Waals surface area contributed by atoms with E-state index in [1.807, 2.05) is 6.92 Å². The highest BCUT2D eigenvalue weighted by molar-refractivity contribution is 7.89. The highest BCUT2D eigenvalue weighted by atomic mass is 32.2. The Balaban J connectivity index is 1.55. The fourth-order valence-corrected chi connectivity index (χ4v) is 5.78. The lowest BCUT2D eigenvalue weighted by Gasteiger charge is -2.21. The van der Waals surface area contributed by atoms with Crippen LogP contribution in [0, 0.1) is 6.92 Å². The van der Waals surface area contributed by atoms with Gasteiger partial charge >= 0.3 is 5.97 Å². The van der Waals surface area contributed by atoms with Crippen molar-refractivity contribution in [2.45, 2.75) is 23.4 Å². The molecule has 2 heterocycles. The van der Waals surface area contributed by atoms with Crippen molar-refractivity contribution >= 4 is 27.8 Å². The van der Waals surface area contributed by atoms with Crippen LogP contribution in [0.4, 0.5) is 0 Å². The molecule has 0 aliphatic carbocycles. The number of methoxy groups -OCH3 is 1. The fourth-order valence-electron chi connectivity index (χ4n) is 4.75. The van der Waals surface area contributed by atoms with Gasteiger partial charge in [0.1, 0.15) is 0 Å². The topological polar surface area (TPSA) is 113 Å². The molecule has 0 spiro atoms. The van der Waals surface area contributed by atoms with E-state index in [1.165, 1.54) is 36.4 Å². The summed E-state index contributed by atoms with van der Waals surface area (Å²) in [4.78, 5) is 39.9. The maximum absolute atomic E-state index is 13.3. The van der Waals surface area contributed by atoms with E-state index in [2.05, 4.69) is 4.72 Å². The Bertz CT molecular complexity index is 1440. The molecule has 3 aromatic carbocycles. The van der Waals surface area contributed by atoms with Gasteiger partial charge in [0.2, 0.25) is 10.0 Å². The van der Waals surface area contributed by atoms with Crippen molar-refractivity contribution in [3.05, 3.63) is 101 Å². The highest BCUT2D eigenvalue weighted by Crippen LogP contribution is 2.53. The van der Waals surface area contributed by atoms with Crippen molar-refractivity contribution in [3.63, 3.8) is 0 Å². The van der Waals surface area contributed by atoms with E-state index < -0.39 is 39.4 Å². The van der Waals surface area contributed by atoms with Gasteiger partial charge in [0.05, 0.1) is 29.2 Å². The molecule has 10 heteroatoms. The molecule has 3 aromatic rings. The van der Waals surface area contributed by atoms with Crippen LogP contribution in [0.25, 0.3) is 0 Å². The lowest BCUT2D eigenvalue weighted by molar-refractivity contribution is -0.146. The van der Waals surface area contributed by atoms with Crippen molar-refractivity contribution in [2.75, 3.05) is 13.7 Å². The van der Waals surface area contributed by atoms with Crippen molar-refractivity contribution in [1.82, 2.24) is 14.7 Å². The first-order valence-corrected chi connectivity index (χ1v) is 12.7. The molecule has 1 fully saturated rings. The van der Waals surface area contributed by atoms with Gasteiger partial charge in [0, 0.05) is 6.54 Å². The number of hydrogen-bond acceptors (Lipinski definition) is 7. The van der Waals surface area contributed by atoms with E-state index in [9.17, 15) is 22.8 Å². The van der Waals surface area contributed by atoms with Crippen LogP contribution in [-0.2, 0) is 25.1 Å². The second-order valence-corrected chi connectivity index (χ2v) is 10.4. The standard InChI is InChI=1S/C26H23N3O6S/c1-17-12-14-19(15-13-17)36(33,34)27-16-22-26(25(32)35-2,18-8-4-3-5-9-18)29(22)28-23(30)20-10-6-7-11-21(20)24(28)31/h3-15,22,27H,16H2,1-2H3. The molecule has 0 radical (unpaired) electrons. The van der Waals surface area contributed by atoms with E-state index in [4.69, 9.17) is 4.74 Å². The number of carbonyl (C=O) groups excluding carboxylic acids is 3. The van der Waals surface area contributed by atoms with Crippen LogP contribution in [0.2, 0.25) is 0 Å². The summed E-state index contributed by atoms with van der Waals surface area (Å²) in [6.07, 6.45) is 0. The van der Waals surface area contributed by atoms with E-state index in [0.717, 1.165) is 10.6 Å². The van der Waals surface area contributed by atoms with Crippen molar-refractivity contribution in [2.24, 2.45) is 0 Å². The van der Waals surface area contributed by atoms with Gasteiger partial charge in [0.25, 0.3) is 11.8 Å². The molecule has 2 aliphatic heterocycles. The van der Waals surface area contributed by atoms with E-state index in [0.29, 0.717) is 5.56 Å². The summed E-state index contributed by atoms with van der Waals surface area (Å²) in [5.74, 6) is -1.91. The minimum atomic E-state index is -3.94. The number of sulfonamides is 1. The molecule has 0 aromatic heterocycles. The minimum absolute atomic E-state index is 0.0596. The van der Waals surface area contributed by atoms with Gasteiger partial charge in [-0.15, -0.1) is 0 Å². The van der Waals surface area contributed by atoms with Gasteiger partial charge in [0.15, 0.2) is 5.54 Å². The number of aryl methyl sites for hydroxylation is 1. The van der Waals surface area contributed by atoms with Crippen LogP contribution in [-0.4, -0.2) is 55.9 Å². The van der Waals surface area contributed by atoms with Crippen molar-refractivity contribution in [3.8, 4) is 0 Å². The summed E-state index contributed by atoms with van der Waals surface area (Å²) in [6, 6.07) is 20.3. The first kappa shape index (κ1) is 23.9. The maximum Gasteiger partial charge on any atom is 0.334 e. The number of hydrogen-bond donors (Lipinski definition) is 1. The van der Waals surface area contributed by atoms with Crippen LogP contribution < -0.4 is 4.72 Å². The van der Waals surface area contributed by atoms with Crippen molar-refractivity contribution in [1.29, 1.82) is 0 Å². The van der Waals surface area contributed by atoms with Gasteiger partial charge in [-0.05, 0) is 36.8 Å². The Morgan fingerprint density at radius 2 is 1.47 bits per heavy atom. The molecule has 5 rings (SSSR count). The third-order valence-corrected chi connectivity index (χ3v) is 8.01. The lowest BCUT2D eigenvalue weighted by Crippen LogP contribution is -2.41. The molecular weight excluding hydrogens is 482 g/mol. The molecule has 1 saturated heterocycles. The van der Waals surface area contributed by atoms with E-state index in [-0.39, 0.29) is 22.6 Å². The van der Waals surface area contributed by atoms with Crippen LogP contribution in [0.5, 0.6) is 0 Å². The molecule has 36 heavy (non-hydrogen) atoms. The SMILES string of the molecule is COC(=O)C1(c2ccccc2)C(CNS(=O)(=O)c2ccc(C)cc2)N1N1C(=O)c2ccccc2C1=O. The molecule has 9 nitrogen and oxygen atoms in total. The lowest BCUT2D eigenvalue weighted by atomic mass is 9.95. The molecule has 2 amide bonds. The molecule has 0 saturated carbocycles. The summed E-state index contributed by atoms with van der Waals surface area (Å²) >= 11 is 0. The molecule has 1 N–H and O–H groups in total. The van der Waals surface area contributed by atoms with Crippen molar-refractivity contribution < 1.29 is 27.5 Å². The van der Waals surface area contributed by atoms with Gasteiger partial charge in [-0.2, -0.15) is 10.0 Å². The Kier molecular flexibility index (Phi) is 5.74. The number of rotatable bonds is 7. The average Bonchev–Trinajstić information content (AvgIpc) is 3.49. The Labute approximate surface area is 208 Å². The number of amides is 2. The number of ether oxygens (including phenoxy) is 1. The Morgan fingerprint density at radius 1 is 0.917 bits per heavy atom. The number of imide groups is 1. The number of carbonyl (C=O) groups is 3. The second-order valence-electron chi connectivity index (χ2n) is 8.62. The second kappa shape index (κ2) is 8.66. The number of esters is 1. The van der Waals surface area contributed by atoms with E-state index >= 15 is 0 Å². The fraction of sp³-hybridized carbons (Fsp3) is 0.192. The summed E-state index contributed by atoms with van der Waals surface area (Å²) in [5, 5.41) is 2.23. The summed E-state index contributed by atoms with van der Waals surface area (Å²) in [5.41, 5.74) is 0.203. The molecule has 3 atom stereocenters. The first-order valence-electron chi connectivity index (χ1n) is 11.2. The average molecular weight is 506 g/mol. The maximum atomic E-state index is 13.3. The Hall–Kier alpha value is -3.86. The monoisotopic (exact) mass is 505 g/mol. The van der Waals surface area contributed by atoms with Crippen LogP contribution >= 0.6 is 0 Å². The number of benzene rings is 3. The third-order valence-electron chi connectivity index (χ3n) is 6.57. The normalized spacial score (nSPS) is 22.9. The Morgan fingerprint density at radius 3 is 2.03 bits per heavy atom. The molecule has 184 valence electrons. The third kappa shape index (κ3) is 3.53. The number of hydrazine groups is 1. The van der Waals surface area contributed by atoms with E-state index in [1.54, 1.807) is 54.6 Å². The molecular formula is C26H23N3O6S. The molecule has 2 aliphatic rings. The van der Waals surface area contributed by atoms with Gasteiger partial charge in [-0.25, -0.2) is 17.9 Å².